The molecule has 0 N–H and O–H groups in total. The third-order valence-electron chi connectivity index (χ3n) is 3.68. The van der Waals surface area contributed by atoms with Crippen LogP contribution in [0, 0.1) is 16.0 Å². The van der Waals surface area contributed by atoms with Crippen LogP contribution in [0.25, 0.3) is 0 Å². The number of ether oxygens (including phenoxy) is 1. The molecule has 1 heterocycles. The van der Waals surface area contributed by atoms with Crippen molar-refractivity contribution in [3.05, 3.63) is 38.9 Å². The summed E-state index contributed by atoms with van der Waals surface area (Å²) in [6.45, 7) is 2.07. The van der Waals surface area contributed by atoms with Gasteiger partial charge in [-0.05, 0) is 31.0 Å². The molecule has 1 atom stereocenters. The second-order valence-corrected chi connectivity index (χ2v) is 5.54. The average Bonchev–Trinajstić information content (AvgIpc) is 2.48. The Morgan fingerprint density at radius 3 is 2.95 bits per heavy atom. The topological polar surface area (TPSA) is 72.7 Å². The number of piperidine rings is 1. The first-order valence-electron chi connectivity index (χ1n) is 6.74. The van der Waals surface area contributed by atoms with Gasteiger partial charge in [-0.3, -0.25) is 19.8 Å². The fourth-order valence-corrected chi connectivity index (χ4v) is 2.81. The lowest BCUT2D eigenvalue weighted by Gasteiger charge is -2.31. The molecule has 0 bridgehead atoms. The van der Waals surface area contributed by atoms with Crippen molar-refractivity contribution in [3.63, 3.8) is 0 Å². The van der Waals surface area contributed by atoms with Crippen LogP contribution in [0.3, 0.4) is 0 Å². The molecule has 2 rings (SSSR count). The lowest BCUT2D eigenvalue weighted by atomic mass is 9.98. The number of nitrogens with zero attached hydrogens (tertiary/aromatic N) is 2. The minimum Gasteiger partial charge on any atom is -0.469 e. The highest BCUT2D eigenvalue weighted by Gasteiger charge is 2.26. The van der Waals surface area contributed by atoms with E-state index in [0.29, 0.717) is 18.1 Å². The summed E-state index contributed by atoms with van der Waals surface area (Å²) < 4.78 is 4.79. The van der Waals surface area contributed by atoms with E-state index in [2.05, 4.69) is 4.90 Å². The van der Waals surface area contributed by atoms with Crippen LogP contribution in [0.4, 0.5) is 5.69 Å². The summed E-state index contributed by atoms with van der Waals surface area (Å²) in [5.41, 5.74) is 0.808. The molecule has 7 heteroatoms. The predicted molar refractivity (Wildman–Crippen MR) is 78.1 cm³/mol. The van der Waals surface area contributed by atoms with Gasteiger partial charge in [0.15, 0.2) is 0 Å². The highest BCUT2D eigenvalue weighted by atomic mass is 35.5. The third kappa shape index (κ3) is 3.92. The van der Waals surface area contributed by atoms with Gasteiger partial charge < -0.3 is 4.74 Å². The number of carbonyl (C=O) groups excluding carboxylic acids is 1. The molecule has 1 fully saturated rings. The Hall–Kier alpha value is -1.66. The van der Waals surface area contributed by atoms with E-state index < -0.39 is 4.92 Å². The van der Waals surface area contributed by atoms with Crippen LogP contribution in [0.5, 0.6) is 0 Å². The number of hydrogen-bond acceptors (Lipinski definition) is 5. The molecule has 0 aromatic heterocycles. The summed E-state index contributed by atoms with van der Waals surface area (Å²) in [6.07, 6.45) is 1.75. The number of non-ortho nitro benzene ring substituents is 1. The Bertz CT molecular complexity index is 550. The predicted octanol–water partition coefficient (Wildman–Crippen LogP) is 2.63. The number of halogens is 1. The van der Waals surface area contributed by atoms with Crippen LogP contribution in [0.2, 0.25) is 5.02 Å². The summed E-state index contributed by atoms with van der Waals surface area (Å²) in [5.74, 6) is -0.296. The van der Waals surface area contributed by atoms with Crippen LogP contribution in [0.1, 0.15) is 18.4 Å². The first-order valence-corrected chi connectivity index (χ1v) is 7.12. The van der Waals surface area contributed by atoms with Gasteiger partial charge in [-0.15, -0.1) is 0 Å². The molecular weight excluding hydrogens is 296 g/mol. The Morgan fingerprint density at radius 2 is 2.33 bits per heavy atom. The van der Waals surface area contributed by atoms with Crippen molar-refractivity contribution in [2.75, 3.05) is 20.2 Å². The third-order valence-corrected chi connectivity index (χ3v) is 4.03. The molecule has 1 aromatic carbocycles. The number of hydrogen-bond donors (Lipinski definition) is 0. The maximum Gasteiger partial charge on any atom is 0.309 e. The van der Waals surface area contributed by atoms with Gasteiger partial charge in [0.05, 0.1) is 23.0 Å². The number of nitro groups is 1. The fraction of sp³-hybridized carbons (Fsp3) is 0.500. The molecule has 0 spiro atoms. The molecule has 6 nitrogen and oxygen atoms in total. The molecule has 0 unspecified atom stereocenters. The number of methoxy groups -OCH3 is 1. The smallest absolute Gasteiger partial charge is 0.309 e. The van der Waals surface area contributed by atoms with Gasteiger partial charge in [-0.2, -0.15) is 0 Å². The zero-order valence-electron chi connectivity index (χ0n) is 11.8. The van der Waals surface area contributed by atoms with Gasteiger partial charge in [0.25, 0.3) is 5.69 Å². The quantitative estimate of drug-likeness (QED) is 0.485. The number of benzene rings is 1. The molecular formula is C14H17ClN2O4. The van der Waals surface area contributed by atoms with Crippen LogP contribution < -0.4 is 0 Å². The van der Waals surface area contributed by atoms with Crippen molar-refractivity contribution in [2.45, 2.75) is 19.4 Å². The first kappa shape index (κ1) is 15.7. The van der Waals surface area contributed by atoms with E-state index in [1.54, 1.807) is 6.07 Å². The van der Waals surface area contributed by atoms with Crippen molar-refractivity contribution in [1.82, 2.24) is 4.90 Å². The Balaban J connectivity index is 2.04. The van der Waals surface area contributed by atoms with Crippen LogP contribution in [0.15, 0.2) is 18.2 Å². The highest BCUT2D eigenvalue weighted by molar-refractivity contribution is 6.31. The SMILES string of the molecule is COC(=O)[C@H]1CCCN(Cc2ccc([N+](=O)[O-])cc2Cl)C1. The monoisotopic (exact) mass is 312 g/mol. The zero-order valence-corrected chi connectivity index (χ0v) is 12.5. The Morgan fingerprint density at radius 1 is 1.57 bits per heavy atom. The van der Waals surface area contributed by atoms with Crippen molar-refractivity contribution in [1.29, 1.82) is 0 Å². The number of likely N-dealkylation sites (tertiary alicyclic amines) is 1. The maximum atomic E-state index is 11.6. The number of carbonyl (C=O) groups is 1. The minimum absolute atomic E-state index is 0.0187. The standard InChI is InChI=1S/C14H17ClN2O4/c1-21-14(18)11-3-2-6-16(9-11)8-10-4-5-12(17(19)20)7-13(10)15/h4-5,7,11H,2-3,6,8-9H2,1H3/t11-/m0/s1. The second kappa shape index (κ2) is 6.87. The van der Waals surface area contributed by atoms with Crippen molar-refractivity contribution in [3.8, 4) is 0 Å². The molecule has 0 aliphatic carbocycles. The van der Waals surface area contributed by atoms with Gasteiger partial charge >= 0.3 is 5.97 Å². The number of rotatable bonds is 4. The van der Waals surface area contributed by atoms with Gasteiger partial charge in [-0.25, -0.2) is 0 Å². The molecule has 1 aromatic rings. The van der Waals surface area contributed by atoms with Crippen LogP contribution >= 0.6 is 11.6 Å². The Kier molecular flexibility index (Phi) is 5.14. The van der Waals surface area contributed by atoms with Gasteiger partial charge in [0.1, 0.15) is 0 Å². The van der Waals surface area contributed by atoms with E-state index in [1.807, 2.05) is 0 Å². The highest BCUT2D eigenvalue weighted by Crippen LogP contribution is 2.26. The van der Waals surface area contributed by atoms with Gasteiger partial charge in [0.2, 0.25) is 0 Å². The van der Waals surface area contributed by atoms with Crippen molar-refractivity contribution >= 4 is 23.3 Å². The molecule has 21 heavy (non-hydrogen) atoms. The van der Waals surface area contributed by atoms with E-state index in [9.17, 15) is 14.9 Å². The molecule has 0 radical (unpaired) electrons. The fourth-order valence-electron chi connectivity index (χ4n) is 2.58. The summed E-state index contributed by atoms with van der Waals surface area (Å²) in [4.78, 5) is 23.9. The van der Waals surface area contributed by atoms with E-state index in [1.165, 1.54) is 19.2 Å². The zero-order chi connectivity index (χ0) is 15.4. The van der Waals surface area contributed by atoms with E-state index in [4.69, 9.17) is 16.3 Å². The molecule has 1 saturated heterocycles. The second-order valence-electron chi connectivity index (χ2n) is 5.13. The molecule has 0 saturated carbocycles. The molecule has 1 aliphatic rings. The molecule has 1 aliphatic heterocycles. The van der Waals surface area contributed by atoms with Crippen LogP contribution in [-0.2, 0) is 16.1 Å². The van der Waals surface area contributed by atoms with E-state index in [0.717, 1.165) is 24.9 Å². The first-order chi connectivity index (χ1) is 10.0. The van der Waals surface area contributed by atoms with Crippen molar-refractivity contribution in [2.24, 2.45) is 5.92 Å². The summed E-state index contributed by atoms with van der Waals surface area (Å²) in [7, 11) is 1.40. The maximum absolute atomic E-state index is 11.6. The molecule has 0 amide bonds. The van der Waals surface area contributed by atoms with Gasteiger partial charge in [-0.1, -0.05) is 11.6 Å². The molecule has 114 valence electrons. The summed E-state index contributed by atoms with van der Waals surface area (Å²) in [6, 6.07) is 4.48. The van der Waals surface area contributed by atoms with Crippen LogP contribution in [-0.4, -0.2) is 36.0 Å². The Labute approximate surface area is 127 Å². The summed E-state index contributed by atoms with van der Waals surface area (Å²) in [5, 5.41) is 11.1. The normalized spacial score (nSPS) is 19.2. The average molecular weight is 313 g/mol. The lowest BCUT2D eigenvalue weighted by molar-refractivity contribution is -0.384. The summed E-state index contributed by atoms with van der Waals surface area (Å²) >= 11 is 6.10. The number of nitro benzene ring substituents is 1. The largest absolute Gasteiger partial charge is 0.469 e. The minimum atomic E-state index is -0.468. The lowest BCUT2D eigenvalue weighted by Crippen LogP contribution is -2.38. The van der Waals surface area contributed by atoms with Gasteiger partial charge in [0, 0.05) is 25.2 Å². The van der Waals surface area contributed by atoms with Crippen molar-refractivity contribution < 1.29 is 14.5 Å². The van der Waals surface area contributed by atoms with E-state index in [-0.39, 0.29) is 17.6 Å². The van der Waals surface area contributed by atoms with E-state index >= 15 is 0 Å². The number of esters is 1.